The second-order valence-electron chi connectivity index (χ2n) is 6.63. The molecule has 1 amide bonds. The highest BCUT2D eigenvalue weighted by atomic mass is 16.2. The van der Waals surface area contributed by atoms with Crippen LogP contribution in [0.3, 0.4) is 0 Å². The van der Waals surface area contributed by atoms with Crippen molar-refractivity contribution >= 4 is 11.7 Å². The molecule has 0 spiro atoms. The molecular weight excluding hydrogens is 342 g/mol. The minimum atomic E-state index is -0.199. The summed E-state index contributed by atoms with van der Waals surface area (Å²) in [5.74, 6) is 0.525. The number of hydrogen-bond donors (Lipinski definition) is 2. The molecule has 0 unspecified atom stereocenters. The number of aryl methyl sites for hydroxylation is 1. The van der Waals surface area contributed by atoms with E-state index in [1.807, 2.05) is 19.1 Å². The standard InChI is InChI=1S/C19H21N7O/c1-13-11-22-17(12-21-13)24-14-5-2-6-15(14)25-19(27)18-16(7-3-8-20-18)26-10-4-9-23-26/h3-4,7-12,14-15H,2,5-6H2,1H3,(H,22,24)(H,25,27)/t14-,15-/m0/s1. The summed E-state index contributed by atoms with van der Waals surface area (Å²) in [6, 6.07) is 5.56. The Kier molecular flexibility index (Phi) is 4.78. The number of anilines is 1. The first-order chi connectivity index (χ1) is 13.2. The Bertz CT molecular complexity index is 908. The molecule has 1 saturated carbocycles. The van der Waals surface area contributed by atoms with Crippen molar-refractivity contribution in [3.63, 3.8) is 0 Å². The van der Waals surface area contributed by atoms with Gasteiger partial charge in [-0.05, 0) is 44.4 Å². The van der Waals surface area contributed by atoms with Crippen LogP contribution in [-0.2, 0) is 0 Å². The van der Waals surface area contributed by atoms with E-state index >= 15 is 0 Å². The predicted octanol–water partition coefficient (Wildman–Crippen LogP) is 2.13. The Morgan fingerprint density at radius 1 is 1.11 bits per heavy atom. The van der Waals surface area contributed by atoms with Crippen LogP contribution in [0.15, 0.2) is 49.2 Å². The molecule has 3 aromatic heterocycles. The quantitative estimate of drug-likeness (QED) is 0.721. The summed E-state index contributed by atoms with van der Waals surface area (Å²) in [6.07, 6.45) is 11.5. The lowest BCUT2D eigenvalue weighted by atomic mass is 10.1. The lowest BCUT2D eigenvalue weighted by molar-refractivity contribution is 0.0930. The van der Waals surface area contributed by atoms with Crippen LogP contribution in [0.2, 0.25) is 0 Å². The largest absolute Gasteiger partial charge is 0.364 e. The number of nitrogens with one attached hydrogen (secondary N) is 2. The summed E-state index contributed by atoms with van der Waals surface area (Å²) in [4.78, 5) is 25.8. The van der Waals surface area contributed by atoms with Crippen molar-refractivity contribution in [2.24, 2.45) is 0 Å². The summed E-state index contributed by atoms with van der Waals surface area (Å²) in [7, 11) is 0. The molecule has 27 heavy (non-hydrogen) atoms. The molecule has 8 heteroatoms. The fraction of sp³-hybridized carbons (Fsp3) is 0.316. The molecule has 1 aliphatic carbocycles. The highest BCUT2D eigenvalue weighted by Crippen LogP contribution is 2.23. The number of amides is 1. The fourth-order valence-corrected chi connectivity index (χ4v) is 3.37. The minimum Gasteiger partial charge on any atom is -0.364 e. The van der Waals surface area contributed by atoms with Gasteiger partial charge in [0.1, 0.15) is 5.82 Å². The lowest BCUT2D eigenvalue weighted by Crippen LogP contribution is -2.44. The number of pyridine rings is 1. The molecule has 4 rings (SSSR count). The van der Waals surface area contributed by atoms with Crippen LogP contribution in [0, 0.1) is 6.92 Å². The van der Waals surface area contributed by atoms with E-state index in [4.69, 9.17) is 0 Å². The van der Waals surface area contributed by atoms with Gasteiger partial charge in [0.2, 0.25) is 0 Å². The van der Waals surface area contributed by atoms with E-state index in [-0.39, 0.29) is 18.0 Å². The van der Waals surface area contributed by atoms with Gasteiger partial charge >= 0.3 is 0 Å². The van der Waals surface area contributed by atoms with Gasteiger partial charge in [0.25, 0.3) is 5.91 Å². The average molecular weight is 363 g/mol. The van der Waals surface area contributed by atoms with Gasteiger partial charge in [0.15, 0.2) is 5.69 Å². The molecule has 0 bridgehead atoms. The molecule has 0 aromatic carbocycles. The summed E-state index contributed by atoms with van der Waals surface area (Å²) in [6.45, 7) is 1.90. The average Bonchev–Trinajstić information content (AvgIpc) is 3.36. The molecular formula is C19H21N7O. The number of carbonyl (C=O) groups is 1. The molecule has 0 saturated heterocycles. The zero-order valence-corrected chi connectivity index (χ0v) is 15.0. The van der Waals surface area contributed by atoms with Gasteiger partial charge in [-0.3, -0.25) is 9.78 Å². The molecule has 2 atom stereocenters. The fourth-order valence-electron chi connectivity index (χ4n) is 3.37. The smallest absolute Gasteiger partial charge is 0.272 e. The summed E-state index contributed by atoms with van der Waals surface area (Å²) < 4.78 is 1.65. The molecule has 8 nitrogen and oxygen atoms in total. The van der Waals surface area contributed by atoms with Gasteiger partial charge in [-0.1, -0.05) is 0 Å². The highest BCUT2D eigenvalue weighted by molar-refractivity contribution is 5.96. The van der Waals surface area contributed by atoms with Gasteiger partial charge in [-0.2, -0.15) is 5.10 Å². The highest BCUT2D eigenvalue weighted by Gasteiger charge is 2.30. The third-order valence-corrected chi connectivity index (χ3v) is 4.70. The van der Waals surface area contributed by atoms with Crippen LogP contribution in [-0.4, -0.2) is 42.7 Å². The van der Waals surface area contributed by atoms with Crippen molar-refractivity contribution < 1.29 is 4.79 Å². The third kappa shape index (κ3) is 3.79. The van der Waals surface area contributed by atoms with Crippen LogP contribution in [0.4, 0.5) is 5.82 Å². The van der Waals surface area contributed by atoms with Crippen LogP contribution >= 0.6 is 0 Å². The Morgan fingerprint density at radius 2 is 2.00 bits per heavy atom. The van der Waals surface area contributed by atoms with E-state index in [1.165, 1.54) is 0 Å². The van der Waals surface area contributed by atoms with Crippen molar-refractivity contribution in [1.29, 1.82) is 0 Å². The number of rotatable bonds is 5. The van der Waals surface area contributed by atoms with E-state index in [0.717, 1.165) is 30.8 Å². The molecule has 3 heterocycles. The molecule has 138 valence electrons. The molecule has 2 N–H and O–H groups in total. The maximum Gasteiger partial charge on any atom is 0.272 e. The SMILES string of the molecule is Cc1cnc(N[C@H]2CCC[C@@H]2NC(=O)c2ncccc2-n2cccn2)cn1. The van der Waals surface area contributed by atoms with Crippen LogP contribution in [0.1, 0.15) is 35.4 Å². The number of carbonyl (C=O) groups excluding carboxylic acids is 1. The third-order valence-electron chi connectivity index (χ3n) is 4.70. The minimum absolute atomic E-state index is 0.00748. The Balaban J connectivity index is 1.48. The maximum atomic E-state index is 12.9. The summed E-state index contributed by atoms with van der Waals surface area (Å²) >= 11 is 0. The van der Waals surface area contributed by atoms with Gasteiger partial charge < -0.3 is 10.6 Å². The molecule has 3 aromatic rings. The first-order valence-electron chi connectivity index (χ1n) is 9.02. The molecule has 1 aliphatic rings. The number of aromatic nitrogens is 5. The van der Waals surface area contributed by atoms with E-state index in [0.29, 0.717) is 11.4 Å². The topological polar surface area (TPSA) is 97.6 Å². The van der Waals surface area contributed by atoms with Crippen LogP contribution in [0.5, 0.6) is 0 Å². The predicted molar refractivity (Wildman–Crippen MR) is 101 cm³/mol. The van der Waals surface area contributed by atoms with E-state index in [1.54, 1.807) is 41.7 Å². The molecule has 0 radical (unpaired) electrons. The first-order valence-corrected chi connectivity index (χ1v) is 9.02. The monoisotopic (exact) mass is 363 g/mol. The van der Waals surface area contributed by atoms with E-state index in [9.17, 15) is 4.79 Å². The molecule has 1 fully saturated rings. The van der Waals surface area contributed by atoms with Crippen molar-refractivity contribution in [3.05, 3.63) is 60.6 Å². The van der Waals surface area contributed by atoms with Gasteiger partial charge in [-0.25, -0.2) is 14.6 Å². The normalized spacial score (nSPS) is 19.0. The lowest BCUT2D eigenvalue weighted by Gasteiger charge is -2.22. The second-order valence-corrected chi connectivity index (χ2v) is 6.63. The summed E-state index contributed by atoms with van der Waals surface area (Å²) in [5, 5.41) is 10.7. The zero-order chi connectivity index (χ0) is 18.6. The molecule has 0 aliphatic heterocycles. The maximum absolute atomic E-state index is 12.9. The van der Waals surface area contributed by atoms with Crippen molar-refractivity contribution in [2.45, 2.75) is 38.3 Å². The summed E-state index contributed by atoms with van der Waals surface area (Å²) in [5.41, 5.74) is 1.90. The second kappa shape index (κ2) is 7.53. The number of nitrogens with zero attached hydrogens (tertiary/aromatic N) is 5. The van der Waals surface area contributed by atoms with Crippen LogP contribution in [0.25, 0.3) is 5.69 Å². The van der Waals surface area contributed by atoms with E-state index < -0.39 is 0 Å². The zero-order valence-electron chi connectivity index (χ0n) is 15.0. The Hall–Kier alpha value is -3.29. The Labute approximate surface area is 157 Å². The van der Waals surface area contributed by atoms with E-state index in [2.05, 4.69) is 30.7 Å². The van der Waals surface area contributed by atoms with Gasteiger partial charge in [0.05, 0.1) is 23.8 Å². The first kappa shape index (κ1) is 17.1. The Morgan fingerprint density at radius 3 is 2.78 bits per heavy atom. The number of hydrogen-bond acceptors (Lipinski definition) is 6. The van der Waals surface area contributed by atoms with Crippen molar-refractivity contribution in [1.82, 2.24) is 30.0 Å². The van der Waals surface area contributed by atoms with Crippen LogP contribution < -0.4 is 10.6 Å². The van der Waals surface area contributed by atoms with Crippen molar-refractivity contribution in [3.8, 4) is 5.69 Å². The van der Waals surface area contributed by atoms with Gasteiger partial charge in [0, 0.05) is 30.7 Å². The van der Waals surface area contributed by atoms with Crippen molar-refractivity contribution in [2.75, 3.05) is 5.32 Å². The van der Waals surface area contributed by atoms with Gasteiger partial charge in [-0.15, -0.1) is 0 Å².